The second-order valence-electron chi connectivity index (χ2n) is 14.4. The van der Waals surface area contributed by atoms with Crippen LogP contribution in [0.25, 0.3) is 22.2 Å². The lowest BCUT2D eigenvalue weighted by Gasteiger charge is -2.37. The molecule has 0 aliphatic carbocycles. The Morgan fingerprint density at radius 2 is 1.66 bits per heavy atom. The number of sulfone groups is 1. The Balaban J connectivity index is 1.29. The molecule has 7 rings (SSSR count). The van der Waals surface area contributed by atoms with E-state index in [0.717, 1.165) is 16.7 Å². The number of aromatic nitrogens is 3. The predicted octanol–water partition coefficient (Wildman–Crippen LogP) is 6.77. The maximum atomic E-state index is 15.4. The van der Waals surface area contributed by atoms with Gasteiger partial charge in [-0.05, 0) is 86.7 Å². The molecule has 2 fully saturated rings. The molecule has 2 saturated heterocycles. The molecule has 0 unspecified atom stereocenters. The van der Waals surface area contributed by atoms with Crippen LogP contribution in [0, 0.1) is 11.7 Å². The zero-order valence-electron chi connectivity index (χ0n) is 30.6. The fraction of sp³-hybridized carbons (Fsp3) is 0.350. The second kappa shape index (κ2) is 15.7. The van der Waals surface area contributed by atoms with Crippen LogP contribution in [0.5, 0.6) is 0 Å². The van der Waals surface area contributed by atoms with E-state index in [9.17, 15) is 31.2 Å². The Kier molecular flexibility index (Phi) is 11.0. The lowest BCUT2D eigenvalue weighted by atomic mass is 9.94. The van der Waals surface area contributed by atoms with Gasteiger partial charge >= 0.3 is 6.18 Å². The summed E-state index contributed by atoms with van der Waals surface area (Å²) >= 11 is 0. The number of benzene rings is 3. The number of pyridine rings is 1. The van der Waals surface area contributed by atoms with Crippen molar-refractivity contribution in [2.75, 3.05) is 36.5 Å². The molecule has 0 amide bonds. The van der Waals surface area contributed by atoms with Crippen molar-refractivity contribution in [1.29, 1.82) is 0 Å². The van der Waals surface area contributed by atoms with E-state index in [4.69, 9.17) is 4.74 Å². The summed E-state index contributed by atoms with van der Waals surface area (Å²) in [5.41, 5.74) is -2.58. The van der Waals surface area contributed by atoms with Gasteiger partial charge in [-0.1, -0.05) is 24.3 Å². The number of hydrogen-bond acceptors (Lipinski definition) is 10. The first-order chi connectivity index (χ1) is 26.7. The summed E-state index contributed by atoms with van der Waals surface area (Å²) in [6, 6.07) is 15.7. The number of piperazine rings is 1. The first kappa shape index (κ1) is 39.1. The molecular weight excluding hydrogens is 753 g/mol. The molecule has 3 aromatic carbocycles. The van der Waals surface area contributed by atoms with Gasteiger partial charge in [-0.15, -0.1) is 0 Å². The van der Waals surface area contributed by atoms with Crippen LogP contribution in [0.1, 0.15) is 38.7 Å². The van der Waals surface area contributed by atoms with Crippen molar-refractivity contribution in [3.05, 3.63) is 101 Å². The van der Waals surface area contributed by atoms with E-state index >= 15 is 4.39 Å². The highest BCUT2D eigenvalue weighted by Crippen LogP contribution is 2.39. The number of nitrogens with zero attached hydrogens (tertiary/aromatic N) is 4. The van der Waals surface area contributed by atoms with Crippen LogP contribution in [-0.2, 0) is 32.1 Å². The van der Waals surface area contributed by atoms with Gasteiger partial charge in [0, 0.05) is 67.6 Å². The van der Waals surface area contributed by atoms with Crippen LogP contribution in [0.2, 0.25) is 0 Å². The van der Waals surface area contributed by atoms with Gasteiger partial charge in [0.2, 0.25) is 15.8 Å². The Hall–Kier alpha value is -5.19. The van der Waals surface area contributed by atoms with Gasteiger partial charge in [0.25, 0.3) is 5.56 Å². The summed E-state index contributed by atoms with van der Waals surface area (Å²) in [7, 11) is -4.34. The van der Waals surface area contributed by atoms with Gasteiger partial charge in [-0.25, -0.2) is 17.8 Å². The highest BCUT2D eigenvalue weighted by Gasteiger charge is 2.36. The predicted molar refractivity (Wildman–Crippen MR) is 203 cm³/mol. The van der Waals surface area contributed by atoms with E-state index in [-0.39, 0.29) is 52.1 Å². The summed E-state index contributed by atoms with van der Waals surface area (Å²) in [6.07, 6.45) is -2.37. The molecule has 0 bridgehead atoms. The molecule has 2 aliphatic heterocycles. The lowest BCUT2D eigenvalue weighted by molar-refractivity contribution is -0.137. The van der Waals surface area contributed by atoms with E-state index in [0.29, 0.717) is 56.6 Å². The SMILES string of the molecule is C[C@@H]1CN(c2ccc(Nc3ncc4cc(-c5ccc(S(=O)(=O)c6ccccc6)cc5C(F)(F)F)c(=O)n(CC(=O)CC5CCOCC5)c4n3)cc2F)C[C@H](C)N1. The fourth-order valence-electron chi connectivity index (χ4n) is 7.46. The zero-order valence-corrected chi connectivity index (χ0v) is 31.5. The Bertz CT molecular complexity index is 2430. The van der Waals surface area contributed by atoms with Crippen molar-refractivity contribution >= 4 is 44.0 Å². The van der Waals surface area contributed by atoms with Crippen molar-refractivity contribution in [3.63, 3.8) is 0 Å². The minimum Gasteiger partial charge on any atom is -0.381 e. The largest absolute Gasteiger partial charge is 0.417 e. The van der Waals surface area contributed by atoms with Crippen molar-refractivity contribution < 1.29 is 35.5 Å². The third-order valence-electron chi connectivity index (χ3n) is 10.1. The van der Waals surface area contributed by atoms with Crippen molar-refractivity contribution in [1.82, 2.24) is 19.9 Å². The van der Waals surface area contributed by atoms with E-state index in [1.165, 1.54) is 42.6 Å². The van der Waals surface area contributed by atoms with Crippen molar-refractivity contribution in [2.45, 2.75) is 67.7 Å². The Morgan fingerprint density at radius 3 is 2.34 bits per heavy atom. The number of fused-ring (bicyclic) bond motifs is 1. The van der Waals surface area contributed by atoms with Crippen molar-refractivity contribution in [2.24, 2.45) is 5.92 Å². The fourth-order valence-corrected chi connectivity index (χ4v) is 8.77. The molecule has 2 N–H and O–H groups in total. The standard InChI is InChI=1S/C40H40F4N6O5S/c1-24-21-49(22-25(2)46-24)36-11-8-28(18-35(36)41)47-39-45-20-27-17-33(38(52)50(37(27)48-39)23-29(51)16-26-12-14-55-15-13-26)32-10-9-31(19-34(32)40(42,43)44)56(53,54)30-6-4-3-5-7-30/h3-11,17-20,24-26,46H,12-16,21-23H2,1-2H3,(H,45,47,48)/t24-,25+. The number of hydrogen-bond donors (Lipinski definition) is 2. The zero-order chi connectivity index (χ0) is 39.8. The van der Waals surface area contributed by atoms with E-state index < -0.39 is 55.5 Å². The normalized spacial score (nSPS) is 18.3. The lowest BCUT2D eigenvalue weighted by Crippen LogP contribution is -2.54. The number of carbonyl (C=O) groups is 1. The minimum atomic E-state index is -5.07. The molecular formula is C40H40F4N6O5S. The molecule has 16 heteroatoms. The van der Waals surface area contributed by atoms with E-state index in [2.05, 4.69) is 20.6 Å². The average Bonchev–Trinajstić information content (AvgIpc) is 3.16. The monoisotopic (exact) mass is 792 g/mol. The molecule has 2 aliphatic rings. The molecule has 294 valence electrons. The third kappa shape index (κ3) is 8.32. The maximum absolute atomic E-state index is 15.4. The van der Waals surface area contributed by atoms with Crippen LogP contribution < -0.4 is 21.1 Å². The van der Waals surface area contributed by atoms with Crippen LogP contribution in [0.4, 0.5) is 34.9 Å². The van der Waals surface area contributed by atoms with Gasteiger partial charge in [-0.3, -0.25) is 14.2 Å². The molecule has 0 saturated carbocycles. The summed E-state index contributed by atoms with van der Waals surface area (Å²) in [6.45, 7) is 5.78. The number of alkyl halides is 3. The number of ketones is 1. The number of rotatable bonds is 10. The summed E-state index contributed by atoms with van der Waals surface area (Å²) in [5.74, 6) is -0.839. The number of Topliss-reactive ketones (excluding diaryl/α,β-unsaturated/α-hetero) is 1. The van der Waals surface area contributed by atoms with Crippen LogP contribution in [-0.4, -0.2) is 67.1 Å². The van der Waals surface area contributed by atoms with Crippen LogP contribution in [0.15, 0.2) is 93.6 Å². The molecule has 2 aromatic heterocycles. The number of ether oxygens (including phenoxy) is 1. The van der Waals surface area contributed by atoms with Gasteiger partial charge < -0.3 is 20.3 Å². The summed E-state index contributed by atoms with van der Waals surface area (Å²) in [4.78, 5) is 37.8. The van der Waals surface area contributed by atoms with Gasteiger partial charge in [0.05, 0.1) is 27.6 Å². The molecule has 0 radical (unpaired) electrons. The molecule has 0 spiro atoms. The quantitative estimate of drug-likeness (QED) is 0.146. The topological polar surface area (TPSA) is 136 Å². The number of anilines is 3. The first-order valence-electron chi connectivity index (χ1n) is 18.3. The van der Waals surface area contributed by atoms with Gasteiger partial charge in [0.1, 0.15) is 11.5 Å². The van der Waals surface area contributed by atoms with Crippen LogP contribution in [0.3, 0.4) is 0 Å². The van der Waals surface area contributed by atoms with Crippen molar-refractivity contribution in [3.8, 4) is 11.1 Å². The molecule has 11 nitrogen and oxygen atoms in total. The highest BCUT2D eigenvalue weighted by atomic mass is 32.2. The Labute approximate surface area is 320 Å². The number of halogens is 4. The average molecular weight is 793 g/mol. The molecule has 5 aromatic rings. The molecule has 2 atom stereocenters. The Morgan fingerprint density at radius 1 is 0.946 bits per heavy atom. The van der Waals surface area contributed by atoms with E-state index in [1.807, 2.05) is 18.7 Å². The summed E-state index contributed by atoms with van der Waals surface area (Å²) in [5, 5.41) is 6.50. The second-order valence-corrected chi connectivity index (χ2v) is 16.4. The number of carbonyl (C=O) groups excluding carboxylic acids is 1. The molecule has 56 heavy (non-hydrogen) atoms. The van der Waals surface area contributed by atoms with Gasteiger partial charge in [-0.2, -0.15) is 18.2 Å². The van der Waals surface area contributed by atoms with Crippen LogP contribution >= 0.6 is 0 Å². The third-order valence-corrected chi connectivity index (χ3v) is 11.8. The smallest absolute Gasteiger partial charge is 0.381 e. The summed E-state index contributed by atoms with van der Waals surface area (Å²) < 4.78 is 92.7. The highest BCUT2D eigenvalue weighted by molar-refractivity contribution is 7.91. The van der Waals surface area contributed by atoms with E-state index in [1.54, 1.807) is 18.2 Å². The maximum Gasteiger partial charge on any atom is 0.417 e. The molecule has 4 heterocycles. The number of nitrogens with one attached hydrogen (secondary N) is 2. The minimum absolute atomic E-state index is 0.00897. The first-order valence-corrected chi connectivity index (χ1v) is 19.7. The van der Waals surface area contributed by atoms with Gasteiger partial charge in [0.15, 0.2) is 5.78 Å².